The molecule has 2 rings (SSSR count). The smallest absolute Gasteiger partial charge is 0.262 e. The fourth-order valence-electron chi connectivity index (χ4n) is 1.57. The zero-order chi connectivity index (χ0) is 14.4. The van der Waals surface area contributed by atoms with Gasteiger partial charge in [-0.2, -0.15) is 5.26 Å². The summed E-state index contributed by atoms with van der Waals surface area (Å²) >= 11 is 5.91. The molecule has 0 aliphatic heterocycles. The summed E-state index contributed by atoms with van der Waals surface area (Å²) in [5.74, 6) is 0.134. The maximum atomic E-state index is 11.7. The molecule has 0 aromatic heterocycles. The van der Waals surface area contributed by atoms with Gasteiger partial charge in [0.05, 0.1) is 16.7 Å². The number of carbonyl (C=O) groups excluding carboxylic acids is 1. The van der Waals surface area contributed by atoms with E-state index >= 15 is 0 Å². The minimum Gasteiger partial charge on any atom is -0.482 e. The lowest BCUT2D eigenvalue weighted by Gasteiger charge is -2.08. The number of carbonyl (C=O) groups is 1. The Morgan fingerprint density at radius 1 is 1.25 bits per heavy atom. The largest absolute Gasteiger partial charge is 0.482 e. The number of ether oxygens (including phenoxy) is 1. The van der Waals surface area contributed by atoms with Crippen LogP contribution in [0.3, 0.4) is 0 Å². The number of nitrogens with one attached hydrogen (secondary N) is 1. The Labute approximate surface area is 121 Å². The SMILES string of the molecule is N#Cc1cccc(NC(=O)COc2ccccc2Cl)c1. The molecule has 0 bridgehead atoms. The van der Waals surface area contributed by atoms with Crippen molar-refractivity contribution in [1.29, 1.82) is 5.26 Å². The molecule has 0 saturated carbocycles. The van der Waals surface area contributed by atoms with Crippen LogP contribution in [0.4, 0.5) is 5.69 Å². The van der Waals surface area contributed by atoms with E-state index in [2.05, 4.69) is 5.32 Å². The second kappa shape index (κ2) is 6.60. The number of benzene rings is 2. The molecule has 0 aliphatic carbocycles. The van der Waals surface area contributed by atoms with Crippen LogP contribution in [0, 0.1) is 11.3 Å². The highest BCUT2D eigenvalue weighted by molar-refractivity contribution is 6.32. The van der Waals surface area contributed by atoms with E-state index in [4.69, 9.17) is 21.6 Å². The van der Waals surface area contributed by atoms with Crippen LogP contribution >= 0.6 is 11.6 Å². The molecule has 1 N–H and O–H groups in total. The van der Waals surface area contributed by atoms with Crippen LogP contribution < -0.4 is 10.1 Å². The van der Waals surface area contributed by atoms with Crippen LogP contribution in [0.5, 0.6) is 5.75 Å². The van der Waals surface area contributed by atoms with Crippen molar-refractivity contribution >= 4 is 23.2 Å². The van der Waals surface area contributed by atoms with E-state index in [1.807, 2.05) is 6.07 Å². The molecular weight excluding hydrogens is 276 g/mol. The molecule has 2 aromatic carbocycles. The summed E-state index contributed by atoms with van der Waals surface area (Å²) < 4.78 is 5.32. The monoisotopic (exact) mass is 286 g/mol. The number of rotatable bonds is 4. The predicted octanol–water partition coefficient (Wildman–Crippen LogP) is 3.23. The second-order valence-corrected chi connectivity index (χ2v) is 4.37. The molecule has 0 spiro atoms. The lowest BCUT2D eigenvalue weighted by molar-refractivity contribution is -0.118. The standard InChI is InChI=1S/C15H11ClN2O2/c16-13-6-1-2-7-14(13)20-10-15(19)18-12-5-3-4-11(8-12)9-17/h1-8H,10H2,(H,18,19). The van der Waals surface area contributed by atoms with Gasteiger partial charge in [0.1, 0.15) is 5.75 Å². The summed E-state index contributed by atoms with van der Waals surface area (Å²) in [5.41, 5.74) is 1.03. The van der Waals surface area contributed by atoms with Crippen molar-refractivity contribution in [2.24, 2.45) is 0 Å². The van der Waals surface area contributed by atoms with E-state index < -0.39 is 0 Å². The summed E-state index contributed by atoms with van der Waals surface area (Å²) in [7, 11) is 0. The number of anilines is 1. The highest BCUT2D eigenvalue weighted by atomic mass is 35.5. The molecule has 0 fully saturated rings. The number of hydrogen-bond acceptors (Lipinski definition) is 3. The van der Waals surface area contributed by atoms with Gasteiger partial charge < -0.3 is 10.1 Å². The molecular formula is C15H11ClN2O2. The fraction of sp³-hybridized carbons (Fsp3) is 0.0667. The van der Waals surface area contributed by atoms with Crippen molar-refractivity contribution in [1.82, 2.24) is 0 Å². The Morgan fingerprint density at radius 3 is 2.80 bits per heavy atom. The zero-order valence-electron chi connectivity index (χ0n) is 10.5. The Kier molecular flexibility index (Phi) is 4.59. The summed E-state index contributed by atoms with van der Waals surface area (Å²) in [6, 6.07) is 15.6. The van der Waals surface area contributed by atoms with Crippen molar-refractivity contribution < 1.29 is 9.53 Å². The first-order valence-corrected chi connectivity index (χ1v) is 6.24. The third-order valence-corrected chi connectivity index (χ3v) is 2.78. The maximum absolute atomic E-state index is 11.7. The number of hydrogen-bond donors (Lipinski definition) is 1. The highest BCUT2D eigenvalue weighted by Crippen LogP contribution is 2.22. The second-order valence-electron chi connectivity index (χ2n) is 3.96. The van der Waals surface area contributed by atoms with Gasteiger partial charge >= 0.3 is 0 Å². The normalized spacial score (nSPS) is 9.60. The Bertz CT molecular complexity index is 665. The molecule has 0 unspecified atom stereocenters. The van der Waals surface area contributed by atoms with Crippen LogP contribution in [0.1, 0.15) is 5.56 Å². The summed E-state index contributed by atoms with van der Waals surface area (Å²) in [6.45, 7) is -0.152. The first-order chi connectivity index (χ1) is 9.69. The minimum absolute atomic E-state index is 0.152. The minimum atomic E-state index is -0.319. The zero-order valence-corrected chi connectivity index (χ0v) is 11.2. The first-order valence-electron chi connectivity index (χ1n) is 5.86. The van der Waals surface area contributed by atoms with E-state index in [-0.39, 0.29) is 12.5 Å². The van der Waals surface area contributed by atoms with Crippen LogP contribution in [0.15, 0.2) is 48.5 Å². The molecule has 0 aliphatic rings. The van der Waals surface area contributed by atoms with Gasteiger partial charge in [0.2, 0.25) is 0 Å². The molecule has 5 heteroatoms. The van der Waals surface area contributed by atoms with Crippen molar-refractivity contribution in [2.75, 3.05) is 11.9 Å². The van der Waals surface area contributed by atoms with Gasteiger partial charge in [0.15, 0.2) is 6.61 Å². The molecule has 100 valence electrons. The molecule has 4 nitrogen and oxygen atoms in total. The van der Waals surface area contributed by atoms with Gasteiger partial charge in [-0.3, -0.25) is 4.79 Å². The molecule has 1 amide bonds. The number of nitriles is 1. The lowest BCUT2D eigenvalue weighted by atomic mass is 10.2. The van der Waals surface area contributed by atoms with Crippen LogP contribution in [0.25, 0.3) is 0 Å². The van der Waals surface area contributed by atoms with E-state index in [0.717, 1.165) is 0 Å². The van der Waals surface area contributed by atoms with Gasteiger partial charge in [0, 0.05) is 5.69 Å². The van der Waals surface area contributed by atoms with Crippen molar-refractivity contribution in [3.05, 3.63) is 59.1 Å². The third-order valence-electron chi connectivity index (χ3n) is 2.47. The average Bonchev–Trinajstić information content (AvgIpc) is 2.46. The van der Waals surface area contributed by atoms with E-state index in [1.165, 1.54) is 0 Å². The van der Waals surface area contributed by atoms with Gasteiger partial charge in [0.25, 0.3) is 5.91 Å². The number of nitrogens with zero attached hydrogens (tertiary/aromatic N) is 1. The number of amides is 1. The summed E-state index contributed by atoms with van der Waals surface area (Å²) in [5, 5.41) is 11.9. The maximum Gasteiger partial charge on any atom is 0.262 e. The predicted molar refractivity (Wildman–Crippen MR) is 76.7 cm³/mol. The Hall–Kier alpha value is -2.51. The van der Waals surface area contributed by atoms with Gasteiger partial charge in [-0.15, -0.1) is 0 Å². The molecule has 0 saturated heterocycles. The van der Waals surface area contributed by atoms with Crippen LogP contribution in [-0.2, 0) is 4.79 Å². The van der Waals surface area contributed by atoms with Crippen LogP contribution in [-0.4, -0.2) is 12.5 Å². The van der Waals surface area contributed by atoms with E-state index in [0.29, 0.717) is 22.0 Å². The molecule has 0 heterocycles. The molecule has 20 heavy (non-hydrogen) atoms. The van der Waals surface area contributed by atoms with Gasteiger partial charge in [-0.1, -0.05) is 29.8 Å². The number of halogens is 1. The van der Waals surface area contributed by atoms with E-state index in [1.54, 1.807) is 48.5 Å². The molecule has 0 atom stereocenters. The van der Waals surface area contributed by atoms with Crippen molar-refractivity contribution in [2.45, 2.75) is 0 Å². The Balaban J connectivity index is 1.93. The lowest BCUT2D eigenvalue weighted by Crippen LogP contribution is -2.20. The van der Waals surface area contributed by atoms with Gasteiger partial charge in [-0.05, 0) is 30.3 Å². The quantitative estimate of drug-likeness (QED) is 0.938. The number of para-hydroxylation sites is 1. The third kappa shape index (κ3) is 3.74. The summed E-state index contributed by atoms with van der Waals surface area (Å²) in [4.78, 5) is 11.7. The first kappa shape index (κ1) is 13.9. The van der Waals surface area contributed by atoms with E-state index in [9.17, 15) is 4.79 Å². The fourth-order valence-corrected chi connectivity index (χ4v) is 1.76. The molecule has 2 aromatic rings. The Morgan fingerprint density at radius 2 is 2.05 bits per heavy atom. The average molecular weight is 287 g/mol. The summed E-state index contributed by atoms with van der Waals surface area (Å²) in [6.07, 6.45) is 0. The molecule has 0 radical (unpaired) electrons. The van der Waals surface area contributed by atoms with Crippen molar-refractivity contribution in [3.63, 3.8) is 0 Å². The topological polar surface area (TPSA) is 62.1 Å². The highest BCUT2D eigenvalue weighted by Gasteiger charge is 2.06. The van der Waals surface area contributed by atoms with Gasteiger partial charge in [-0.25, -0.2) is 0 Å². The van der Waals surface area contributed by atoms with Crippen molar-refractivity contribution in [3.8, 4) is 11.8 Å². The van der Waals surface area contributed by atoms with Crippen LogP contribution in [0.2, 0.25) is 5.02 Å².